The average Bonchev–Trinajstić information content (AvgIpc) is 2.29. The van der Waals surface area contributed by atoms with E-state index < -0.39 is 0 Å². The lowest BCUT2D eigenvalue weighted by Gasteiger charge is -2.35. The molecular weight excluding hydrogens is 212 g/mol. The van der Waals surface area contributed by atoms with Crippen LogP contribution in [0.4, 0.5) is 5.82 Å². The molecular formula is C10H15ClN4. The second-order valence-corrected chi connectivity index (χ2v) is 4.17. The minimum absolute atomic E-state index is 0.381. The first-order valence-electron chi connectivity index (χ1n) is 5.25. The lowest BCUT2D eigenvalue weighted by molar-refractivity contribution is 0.461. The van der Waals surface area contributed by atoms with Crippen LogP contribution in [0, 0.1) is 0 Å². The molecule has 1 aromatic rings. The van der Waals surface area contributed by atoms with Gasteiger partial charge in [-0.05, 0) is 19.3 Å². The molecule has 5 heteroatoms. The molecule has 0 amide bonds. The van der Waals surface area contributed by atoms with Crippen molar-refractivity contribution in [3.8, 4) is 0 Å². The van der Waals surface area contributed by atoms with Gasteiger partial charge in [0.05, 0.1) is 12.4 Å². The molecule has 1 atom stereocenters. The molecule has 1 fully saturated rings. The molecule has 82 valence electrons. The number of rotatable bonds is 2. The van der Waals surface area contributed by atoms with Gasteiger partial charge < -0.3 is 10.6 Å². The quantitative estimate of drug-likeness (QED) is 0.830. The summed E-state index contributed by atoms with van der Waals surface area (Å²) >= 11 is 5.82. The number of nitrogens with zero attached hydrogens (tertiary/aromatic N) is 3. The maximum Gasteiger partial charge on any atom is 0.149 e. The van der Waals surface area contributed by atoms with Crippen LogP contribution in [-0.4, -0.2) is 29.1 Å². The van der Waals surface area contributed by atoms with Crippen molar-refractivity contribution in [1.29, 1.82) is 0 Å². The number of anilines is 1. The summed E-state index contributed by atoms with van der Waals surface area (Å²) in [6.07, 6.45) is 6.86. The first-order chi connectivity index (χ1) is 7.31. The molecule has 0 aromatic carbocycles. The van der Waals surface area contributed by atoms with Crippen LogP contribution >= 0.6 is 11.6 Å². The van der Waals surface area contributed by atoms with E-state index in [1.807, 2.05) is 0 Å². The number of hydrogen-bond donors (Lipinski definition) is 1. The Bertz CT molecular complexity index is 331. The van der Waals surface area contributed by atoms with Gasteiger partial charge in [0.25, 0.3) is 0 Å². The maximum absolute atomic E-state index is 5.82. The van der Waals surface area contributed by atoms with Crippen molar-refractivity contribution in [2.24, 2.45) is 5.73 Å². The predicted octanol–water partition coefficient (Wildman–Crippen LogP) is 1.45. The van der Waals surface area contributed by atoms with Gasteiger partial charge in [0.1, 0.15) is 11.0 Å². The smallest absolute Gasteiger partial charge is 0.149 e. The maximum atomic E-state index is 5.82. The standard InChI is InChI=1S/C10H15ClN4/c11-9-6-13-7-10(14-9)15-4-2-1-3-8(15)5-12/h6-8H,1-5,12H2. The lowest BCUT2D eigenvalue weighted by Crippen LogP contribution is -2.44. The summed E-state index contributed by atoms with van der Waals surface area (Å²) in [6, 6.07) is 0.381. The van der Waals surface area contributed by atoms with Gasteiger partial charge in [-0.25, -0.2) is 4.98 Å². The van der Waals surface area contributed by atoms with Crippen molar-refractivity contribution in [2.75, 3.05) is 18.0 Å². The van der Waals surface area contributed by atoms with E-state index >= 15 is 0 Å². The summed E-state index contributed by atoms with van der Waals surface area (Å²) in [7, 11) is 0. The van der Waals surface area contributed by atoms with E-state index in [4.69, 9.17) is 17.3 Å². The fraction of sp³-hybridized carbons (Fsp3) is 0.600. The molecule has 0 spiro atoms. The minimum Gasteiger partial charge on any atom is -0.351 e. The second kappa shape index (κ2) is 4.77. The number of hydrogen-bond acceptors (Lipinski definition) is 4. The zero-order chi connectivity index (χ0) is 10.7. The molecule has 0 saturated carbocycles. The van der Waals surface area contributed by atoms with Crippen LogP contribution in [0.25, 0.3) is 0 Å². The summed E-state index contributed by atoms with van der Waals surface area (Å²) in [5.74, 6) is 0.845. The Kier molecular flexibility index (Phi) is 3.38. The van der Waals surface area contributed by atoms with Gasteiger partial charge in [-0.2, -0.15) is 0 Å². The van der Waals surface area contributed by atoms with Crippen LogP contribution in [-0.2, 0) is 0 Å². The van der Waals surface area contributed by atoms with Crippen LogP contribution < -0.4 is 10.6 Å². The molecule has 1 saturated heterocycles. The van der Waals surface area contributed by atoms with E-state index in [1.165, 1.54) is 12.8 Å². The Morgan fingerprint density at radius 2 is 2.33 bits per heavy atom. The molecule has 0 bridgehead atoms. The SMILES string of the molecule is NCC1CCCCN1c1cncc(Cl)n1. The molecule has 1 aromatic heterocycles. The monoisotopic (exact) mass is 226 g/mol. The van der Waals surface area contributed by atoms with E-state index in [0.29, 0.717) is 17.7 Å². The zero-order valence-corrected chi connectivity index (χ0v) is 9.32. The number of halogens is 1. The molecule has 2 N–H and O–H groups in total. The summed E-state index contributed by atoms with van der Waals surface area (Å²) in [5, 5.41) is 0.439. The van der Waals surface area contributed by atoms with Crippen molar-refractivity contribution in [3.05, 3.63) is 17.5 Å². The van der Waals surface area contributed by atoms with Crippen LogP contribution in [0.15, 0.2) is 12.4 Å². The molecule has 1 unspecified atom stereocenters. The van der Waals surface area contributed by atoms with Gasteiger partial charge in [-0.15, -0.1) is 0 Å². The molecule has 2 heterocycles. The molecule has 0 aliphatic carbocycles. The number of aromatic nitrogens is 2. The van der Waals surface area contributed by atoms with E-state index in [1.54, 1.807) is 12.4 Å². The van der Waals surface area contributed by atoms with Crippen molar-refractivity contribution >= 4 is 17.4 Å². The molecule has 0 radical (unpaired) electrons. The van der Waals surface area contributed by atoms with E-state index in [2.05, 4.69) is 14.9 Å². The third-order valence-electron chi connectivity index (χ3n) is 2.79. The molecule has 4 nitrogen and oxygen atoms in total. The number of nitrogens with two attached hydrogens (primary N) is 1. The van der Waals surface area contributed by atoms with Crippen molar-refractivity contribution in [2.45, 2.75) is 25.3 Å². The van der Waals surface area contributed by atoms with Gasteiger partial charge in [0, 0.05) is 19.1 Å². The van der Waals surface area contributed by atoms with Crippen molar-refractivity contribution in [3.63, 3.8) is 0 Å². The van der Waals surface area contributed by atoms with Crippen LogP contribution in [0.3, 0.4) is 0 Å². The molecule has 15 heavy (non-hydrogen) atoms. The highest BCUT2D eigenvalue weighted by molar-refractivity contribution is 6.29. The van der Waals surface area contributed by atoms with E-state index in [-0.39, 0.29) is 0 Å². The lowest BCUT2D eigenvalue weighted by atomic mass is 10.0. The number of piperidine rings is 1. The second-order valence-electron chi connectivity index (χ2n) is 3.78. The third kappa shape index (κ3) is 2.38. The van der Waals surface area contributed by atoms with Crippen LogP contribution in [0.1, 0.15) is 19.3 Å². The van der Waals surface area contributed by atoms with Gasteiger partial charge >= 0.3 is 0 Å². The third-order valence-corrected chi connectivity index (χ3v) is 2.97. The predicted molar refractivity (Wildman–Crippen MR) is 61.1 cm³/mol. The first-order valence-corrected chi connectivity index (χ1v) is 5.63. The van der Waals surface area contributed by atoms with Gasteiger partial charge in [-0.1, -0.05) is 11.6 Å². The summed E-state index contributed by atoms with van der Waals surface area (Å²) in [4.78, 5) is 10.5. The summed E-state index contributed by atoms with van der Waals surface area (Å²) in [6.45, 7) is 1.66. The largest absolute Gasteiger partial charge is 0.351 e. The van der Waals surface area contributed by atoms with Gasteiger partial charge in [0.15, 0.2) is 0 Å². The van der Waals surface area contributed by atoms with E-state index in [0.717, 1.165) is 18.8 Å². The summed E-state index contributed by atoms with van der Waals surface area (Å²) < 4.78 is 0. The molecule has 1 aliphatic rings. The Balaban J connectivity index is 2.20. The Morgan fingerprint density at radius 3 is 3.07 bits per heavy atom. The normalized spacial score (nSPS) is 21.7. The molecule has 2 rings (SSSR count). The Hall–Kier alpha value is -0.870. The van der Waals surface area contributed by atoms with Gasteiger partial charge in [-0.3, -0.25) is 4.98 Å². The van der Waals surface area contributed by atoms with Gasteiger partial charge in [0.2, 0.25) is 0 Å². The average molecular weight is 227 g/mol. The molecule has 1 aliphatic heterocycles. The van der Waals surface area contributed by atoms with Crippen LogP contribution in [0.2, 0.25) is 5.15 Å². The highest BCUT2D eigenvalue weighted by Crippen LogP contribution is 2.22. The fourth-order valence-electron chi connectivity index (χ4n) is 2.02. The Morgan fingerprint density at radius 1 is 1.47 bits per heavy atom. The zero-order valence-electron chi connectivity index (χ0n) is 8.56. The fourth-order valence-corrected chi connectivity index (χ4v) is 2.16. The van der Waals surface area contributed by atoms with Crippen molar-refractivity contribution in [1.82, 2.24) is 9.97 Å². The van der Waals surface area contributed by atoms with Crippen molar-refractivity contribution < 1.29 is 0 Å². The Labute approximate surface area is 94.5 Å². The summed E-state index contributed by atoms with van der Waals surface area (Å²) in [5.41, 5.74) is 5.75. The van der Waals surface area contributed by atoms with Crippen LogP contribution in [0.5, 0.6) is 0 Å². The highest BCUT2D eigenvalue weighted by atomic mass is 35.5. The van der Waals surface area contributed by atoms with E-state index in [9.17, 15) is 0 Å². The topological polar surface area (TPSA) is 55.0 Å². The highest BCUT2D eigenvalue weighted by Gasteiger charge is 2.22. The first kappa shape index (κ1) is 10.6. The minimum atomic E-state index is 0.381.